The van der Waals surface area contributed by atoms with E-state index in [1.807, 2.05) is 0 Å². The van der Waals surface area contributed by atoms with Crippen LogP contribution in [0, 0.1) is 0 Å². The van der Waals surface area contributed by atoms with Crippen LogP contribution < -0.4 is 5.48 Å². The summed E-state index contributed by atoms with van der Waals surface area (Å²) in [6.45, 7) is 0.899. The number of hydroxylamine groups is 1. The zero-order chi connectivity index (χ0) is 18.8. The van der Waals surface area contributed by atoms with Crippen LogP contribution in [0.4, 0.5) is 0 Å². The van der Waals surface area contributed by atoms with Gasteiger partial charge in [-0.25, -0.2) is 10.2 Å². The Kier molecular flexibility index (Phi) is 6.43. The molecule has 0 aliphatic heterocycles. The number of hydrogen-bond donors (Lipinski definition) is 2. The quantitative estimate of drug-likeness (QED) is 0.191. The van der Waals surface area contributed by atoms with Crippen LogP contribution >= 0.6 is 63.7 Å². The minimum Gasteiger partial charge on any atom is -0.289 e. The van der Waals surface area contributed by atoms with E-state index in [-0.39, 0.29) is 6.42 Å². The molecule has 3 rings (SSSR count). The van der Waals surface area contributed by atoms with Gasteiger partial charge in [0.1, 0.15) is 11.0 Å². The summed E-state index contributed by atoms with van der Waals surface area (Å²) in [4.78, 5) is 11.1. The number of fused-ring (bicyclic) bond motifs is 1. The van der Waals surface area contributed by atoms with Gasteiger partial charge in [-0.1, -0.05) is 10.4 Å². The van der Waals surface area contributed by atoms with Crippen molar-refractivity contribution in [1.29, 1.82) is 0 Å². The first-order valence-corrected chi connectivity index (χ1v) is 10.5. The SMILES string of the molecule is O=C(CCn1cc(CCn2nnc3c(Br)c(Br)c(Br)c(Br)c32)nn1)NO. The summed E-state index contributed by atoms with van der Waals surface area (Å²) >= 11 is 14.1. The molecule has 0 atom stereocenters. The molecule has 2 N–H and O–H groups in total. The number of benzene rings is 1. The Morgan fingerprint density at radius 1 is 1.04 bits per heavy atom. The second kappa shape index (κ2) is 8.42. The van der Waals surface area contributed by atoms with Crippen LogP contribution in [0.1, 0.15) is 12.1 Å². The standard InChI is InChI=1S/C13H11Br4N7O2/c14-8-9(15)11(17)13-12(10(8)16)19-22-24(13)4-1-6-5-23(21-18-6)3-2-7(25)20-26/h5,26H,1-4H2,(H,20,25). The molecule has 13 heteroatoms. The highest BCUT2D eigenvalue weighted by Crippen LogP contribution is 2.42. The Hall–Kier alpha value is -0.890. The van der Waals surface area contributed by atoms with Gasteiger partial charge in [0, 0.05) is 34.5 Å². The van der Waals surface area contributed by atoms with Crippen LogP contribution in [0.2, 0.25) is 0 Å². The molecule has 0 saturated heterocycles. The van der Waals surface area contributed by atoms with Gasteiger partial charge in [-0.05, 0) is 63.7 Å². The predicted octanol–water partition coefficient (Wildman–Crippen LogP) is 3.21. The number of amides is 1. The minimum atomic E-state index is -0.469. The molecular weight excluding hydrogens is 606 g/mol. The molecule has 26 heavy (non-hydrogen) atoms. The monoisotopic (exact) mass is 613 g/mol. The molecule has 138 valence electrons. The molecule has 0 bridgehead atoms. The Morgan fingerprint density at radius 2 is 1.77 bits per heavy atom. The molecule has 1 amide bonds. The van der Waals surface area contributed by atoms with Crippen LogP contribution in [0.5, 0.6) is 0 Å². The number of halogens is 4. The minimum absolute atomic E-state index is 0.122. The third-order valence-corrected chi connectivity index (χ3v) is 8.31. The summed E-state index contributed by atoms with van der Waals surface area (Å²) in [6.07, 6.45) is 2.49. The lowest BCUT2D eigenvalue weighted by Gasteiger charge is -2.07. The first-order valence-electron chi connectivity index (χ1n) is 7.29. The van der Waals surface area contributed by atoms with Crippen LogP contribution in [0.25, 0.3) is 11.0 Å². The number of nitrogens with zero attached hydrogens (tertiary/aromatic N) is 6. The molecule has 0 fully saturated rings. The van der Waals surface area contributed by atoms with E-state index in [4.69, 9.17) is 5.21 Å². The maximum Gasteiger partial charge on any atom is 0.245 e. The highest BCUT2D eigenvalue weighted by Gasteiger charge is 2.19. The smallest absolute Gasteiger partial charge is 0.245 e. The topological polar surface area (TPSA) is 111 Å². The van der Waals surface area contributed by atoms with Gasteiger partial charge in [0.2, 0.25) is 5.91 Å². The van der Waals surface area contributed by atoms with Gasteiger partial charge in [-0.15, -0.1) is 10.2 Å². The Bertz CT molecular complexity index is 971. The fourth-order valence-electron chi connectivity index (χ4n) is 2.29. The number of carbonyl (C=O) groups is 1. The molecule has 0 unspecified atom stereocenters. The van der Waals surface area contributed by atoms with Crippen molar-refractivity contribution in [2.24, 2.45) is 0 Å². The first-order chi connectivity index (χ1) is 12.4. The van der Waals surface area contributed by atoms with Crippen molar-refractivity contribution >= 4 is 80.7 Å². The predicted molar refractivity (Wildman–Crippen MR) is 107 cm³/mol. The summed E-state index contributed by atoms with van der Waals surface area (Å²) in [5, 5.41) is 25.0. The van der Waals surface area contributed by atoms with Gasteiger partial charge in [0.25, 0.3) is 0 Å². The molecular formula is C13H11Br4N7O2. The molecule has 2 heterocycles. The number of carbonyl (C=O) groups excluding carboxylic acids is 1. The zero-order valence-corrected chi connectivity index (χ0v) is 19.3. The normalized spacial score (nSPS) is 11.3. The van der Waals surface area contributed by atoms with Gasteiger partial charge in [0.05, 0.1) is 21.2 Å². The van der Waals surface area contributed by atoms with Crippen molar-refractivity contribution in [2.75, 3.05) is 0 Å². The van der Waals surface area contributed by atoms with E-state index in [0.29, 0.717) is 19.5 Å². The van der Waals surface area contributed by atoms with Crippen molar-refractivity contribution in [3.05, 3.63) is 29.8 Å². The molecule has 0 spiro atoms. The van der Waals surface area contributed by atoms with E-state index in [1.54, 1.807) is 21.0 Å². The lowest BCUT2D eigenvalue weighted by molar-refractivity contribution is -0.129. The molecule has 0 saturated carbocycles. The van der Waals surface area contributed by atoms with E-state index < -0.39 is 5.91 Å². The maximum atomic E-state index is 11.1. The van der Waals surface area contributed by atoms with Crippen LogP contribution in [-0.2, 0) is 24.3 Å². The van der Waals surface area contributed by atoms with E-state index in [2.05, 4.69) is 84.3 Å². The number of nitrogens with one attached hydrogen (secondary N) is 1. The molecule has 0 radical (unpaired) electrons. The first kappa shape index (κ1) is 19.9. The van der Waals surface area contributed by atoms with E-state index in [0.717, 1.165) is 34.6 Å². The Labute approximate surface area is 181 Å². The number of hydrogen-bond acceptors (Lipinski definition) is 6. The third kappa shape index (κ3) is 4.01. The fourth-order valence-corrected chi connectivity index (χ4v) is 4.65. The average molecular weight is 617 g/mol. The summed E-state index contributed by atoms with van der Waals surface area (Å²) in [7, 11) is 0. The number of aryl methyl sites for hydroxylation is 3. The summed E-state index contributed by atoms with van der Waals surface area (Å²) < 4.78 is 6.75. The van der Waals surface area contributed by atoms with Crippen LogP contribution in [0.3, 0.4) is 0 Å². The molecule has 1 aromatic carbocycles. The van der Waals surface area contributed by atoms with Crippen LogP contribution in [0.15, 0.2) is 24.1 Å². The van der Waals surface area contributed by atoms with Crippen molar-refractivity contribution in [2.45, 2.75) is 25.9 Å². The summed E-state index contributed by atoms with van der Waals surface area (Å²) in [6, 6.07) is 0. The summed E-state index contributed by atoms with van der Waals surface area (Å²) in [5.74, 6) is -0.469. The van der Waals surface area contributed by atoms with Gasteiger partial charge in [-0.2, -0.15) is 0 Å². The number of rotatable bonds is 6. The lowest BCUT2D eigenvalue weighted by atomic mass is 10.3. The van der Waals surface area contributed by atoms with E-state index in [1.165, 1.54) is 0 Å². The number of aromatic nitrogens is 6. The largest absolute Gasteiger partial charge is 0.289 e. The average Bonchev–Trinajstić information content (AvgIpc) is 3.27. The van der Waals surface area contributed by atoms with Gasteiger partial charge < -0.3 is 0 Å². The molecule has 2 aromatic heterocycles. The highest BCUT2D eigenvalue weighted by atomic mass is 79.9. The Morgan fingerprint density at radius 3 is 2.50 bits per heavy atom. The molecule has 0 aliphatic rings. The van der Waals surface area contributed by atoms with Crippen molar-refractivity contribution in [1.82, 2.24) is 35.5 Å². The molecule has 0 aliphatic carbocycles. The molecule has 3 aromatic rings. The third-order valence-electron chi connectivity index (χ3n) is 3.59. The Balaban J connectivity index is 1.75. The zero-order valence-electron chi connectivity index (χ0n) is 13.0. The van der Waals surface area contributed by atoms with Crippen LogP contribution in [-0.4, -0.2) is 41.1 Å². The van der Waals surface area contributed by atoms with Gasteiger partial charge >= 0.3 is 0 Å². The fraction of sp³-hybridized carbons (Fsp3) is 0.308. The van der Waals surface area contributed by atoms with Gasteiger partial charge in [0.15, 0.2) is 0 Å². The van der Waals surface area contributed by atoms with Crippen molar-refractivity contribution in [3.63, 3.8) is 0 Å². The second-order valence-corrected chi connectivity index (χ2v) is 8.45. The highest BCUT2D eigenvalue weighted by molar-refractivity contribution is 9.15. The summed E-state index contributed by atoms with van der Waals surface area (Å²) in [5.41, 5.74) is 3.96. The lowest BCUT2D eigenvalue weighted by Crippen LogP contribution is -2.20. The van der Waals surface area contributed by atoms with Gasteiger partial charge in [-0.3, -0.25) is 14.7 Å². The van der Waals surface area contributed by atoms with E-state index in [9.17, 15) is 4.79 Å². The second-order valence-electron chi connectivity index (χ2n) is 5.27. The van der Waals surface area contributed by atoms with Crippen molar-refractivity contribution < 1.29 is 10.0 Å². The molecule has 9 nitrogen and oxygen atoms in total. The van der Waals surface area contributed by atoms with E-state index >= 15 is 0 Å². The maximum absolute atomic E-state index is 11.1. The van der Waals surface area contributed by atoms with Crippen molar-refractivity contribution in [3.8, 4) is 0 Å².